The number of nitrogens with two attached hydrogens (primary N) is 1. The van der Waals surface area contributed by atoms with Gasteiger partial charge in [0.1, 0.15) is 9.48 Å². The first-order valence-electron chi connectivity index (χ1n) is 4.01. The van der Waals surface area contributed by atoms with Crippen molar-refractivity contribution in [3.8, 4) is 0 Å². The van der Waals surface area contributed by atoms with Gasteiger partial charge in [-0.25, -0.2) is 4.98 Å². The Kier molecular flexibility index (Phi) is 4.77. The first-order valence-corrected chi connectivity index (χ1v) is 6.03. The molecule has 86 valence electrons. The van der Waals surface area contributed by atoms with Gasteiger partial charge in [0.2, 0.25) is 5.91 Å². The number of hydrazone groups is 1. The molecule has 0 atom stereocenters. The summed E-state index contributed by atoms with van der Waals surface area (Å²) in [7, 11) is 0. The van der Waals surface area contributed by atoms with Crippen LogP contribution in [0.1, 0.15) is 12.6 Å². The van der Waals surface area contributed by atoms with Crippen molar-refractivity contribution >= 4 is 61.9 Å². The third-order valence-corrected chi connectivity index (χ3v) is 3.01. The van der Waals surface area contributed by atoms with Crippen molar-refractivity contribution in [3.05, 3.63) is 9.48 Å². The van der Waals surface area contributed by atoms with Crippen molar-refractivity contribution in [2.45, 2.75) is 6.92 Å². The molecule has 16 heavy (non-hydrogen) atoms. The van der Waals surface area contributed by atoms with Gasteiger partial charge in [-0.05, 0) is 28.1 Å². The molecule has 0 aliphatic rings. The van der Waals surface area contributed by atoms with E-state index in [1.54, 1.807) is 0 Å². The summed E-state index contributed by atoms with van der Waals surface area (Å²) in [5.74, 6) is -0.175. The molecule has 0 spiro atoms. The van der Waals surface area contributed by atoms with E-state index < -0.39 is 0 Å². The Morgan fingerprint density at radius 2 is 2.44 bits per heavy atom. The summed E-state index contributed by atoms with van der Waals surface area (Å²) in [4.78, 5) is 14.9. The number of nitrogens with zero attached hydrogens (tertiary/aromatic N) is 2. The van der Waals surface area contributed by atoms with E-state index in [4.69, 9.17) is 5.73 Å². The van der Waals surface area contributed by atoms with Crippen LogP contribution in [0.15, 0.2) is 8.89 Å². The van der Waals surface area contributed by atoms with E-state index in [0.29, 0.717) is 10.8 Å². The normalized spacial score (nSPS) is 10.4. The highest BCUT2D eigenvalue weighted by Crippen LogP contribution is 2.27. The van der Waals surface area contributed by atoms with Crippen molar-refractivity contribution in [3.63, 3.8) is 0 Å². The fourth-order valence-corrected chi connectivity index (χ4v) is 2.17. The Morgan fingerprint density at radius 1 is 1.75 bits per heavy atom. The van der Waals surface area contributed by atoms with Crippen molar-refractivity contribution in [2.75, 3.05) is 5.32 Å². The van der Waals surface area contributed by atoms with Gasteiger partial charge < -0.3 is 11.1 Å². The molecular formula is C7H8BrN5OS2. The van der Waals surface area contributed by atoms with Gasteiger partial charge in [-0.15, -0.1) is 0 Å². The highest BCUT2D eigenvalue weighted by Gasteiger charge is 2.07. The lowest BCUT2D eigenvalue weighted by atomic mass is 10.5. The minimum absolute atomic E-state index is 0.0738. The number of amides is 1. The van der Waals surface area contributed by atoms with Gasteiger partial charge in [-0.2, -0.15) is 5.10 Å². The predicted octanol–water partition coefficient (Wildman–Crippen LogP) is 1.03. The van der Waals surface area contributed by atoms with Gasteiger partial charge >= 0.3 is 0 Å². The van der Waals surface area contributed by atoms with Gasteiger partial charge in [-0.3, -0.25) is 10.2 Å². The monoisotopic (exact) mass is 321 g/mol. The van der Waals surface area contributed by atoms with E-state index in [1.807, 2.05) is 0 Å². The molecule has 0 aliphatic heterocycles. The van der Waals surface area contributed by atoms with Crippen LogP contribution in [0.2, 0.25) is 0 Å². The molecule has 0 aliphatic carbocycles. The van der Waals surface area contributed by atoms with Crippen molar-refractivity contribution < 1.29 is 4.79 Å². The van der Waals surface area contributed by atoms with Gasteiger partial charge in [0, 0.05) is 6.92 Å². The average Bonchev–Trinajstić information content (AvgIpc) is 2.45. The molecule has 1 heterocycles. The minimum atomic E-state index is -0.175. The lowest BCUT2D eigenvalue weighted by Crippen LogP contribution is -2.24. The van der Waals surface area contributed by atoms with Gasteiger partial charge in [0.05, 0.1) is 6.21 Å². The van der Waals surface area contributed by atoms with Gasteiger partial charge in [0.15, 0.2) is 10.2 Å². The van der Waals surface area contributed by atoms with Crippen molar-refractivity contribution in [2.24, 2.45) is 10.8 Å². The largest absolute Gasteiger partial charge is 0.375 e. The Bertz CT molecular complexity index is 444. The lowest BCUT2D eigenvalue weighted by Gasteiger charge is -1.93. The summed E-state index contributed by atoms with van der Waals surface area (Å²) < 4.78 is 0.754. The number of carbonyl (C=O) groups excluding carboxylic acids is 1. The molecule has 1 amide bonds. The number of hydrogen-bond acceptors (Lipinski definition) is 5. The van der Waals surface area contributed by atoms with Crippen molar-refractivity contribution in [1.82, 2.24) is 10.4 Å². The standard InChI is InChI=1S/C7H8BrN5OS2/c1-3(14)11-7-12-4(5(8)16-7)2-10-13-6(9)15/h2H,1H3,(H3,9,13,15)(H,11,12,14). The molecule has 9 heteroatoms. The SMILES string of the molecule is CC(=O)Nc1nc(C=NNC(N)=S)c(Br)s1. The highest BCUT2D eigenvalue weighted by atomic mass is 79.9. The third kappa shape index (κ3) is 4.21. The molecular weight excluding hydrogens is 314 g/mol. The number of aromatic nitrogens is 1. The summed E-state index contributed by atoms with van der Waals surface area (Å²) in [5, 5.41) is 6.90. The van der Waals surface area contributed by atoms with Crippen LogP contribution in [-0.4, -0.2) is 22.2 Å². The highest BCUT2D eigenvalue weighted by molar-refractivity contribution is 9.11. The van der Waals surface area contributed by atoms with Gasteiger partial charge in [-0.1, -0.05) is 11.3 Å². The molecule has 0 aromatic carbocycles. The Labute approximate surface area is 109 Å². The smallest absolute Gasteiger partial charge is 0.223 e. The van der Waals surface area contributed by atoms with Crippen LogP contribution in [0.5, 0.6) is 0 Å². The van der Waals surface area contributed by atoms with Crippen LogP contribution < -0.4 is 16.5 Å². The summed E-state index contributed by atoms with van der Waals surface area (Å²) in [6.45, 7) is 1.41. The zero-order chi connectivity index (χ0) is 12.1. The number of nitrogens with one attached hydrogen (secondary N) is 2. The first kappa shape index (κ1) is 13.0. The summed E-state index contributed by atoms with van der Waals surface area (Å²) in [6, 6.07) is 0. The van der Waals surface area contributed by atoms with E-state index >= 15 is 0 Å². The number of rotatable bonds is 3. The number of halogens is 1. The summed E-state index contributed by atoms with van der Waals surface area (Å²) in [5.41, 5.74) is 8.17. The minimum Gasteiger partial charge on any atom is -0.375 e. The fourth-order valence-electron chi connectivity index (χ4n) is 0.754. The number of hydrogen-bond donors (Lipinski definition) is 3. The molecule has 4 N–H and O–H groups in total. The average molecular weight is 322 g/mol. The van der Waals surface area contributed by atoms with E-state index in [1.165, 1.54) is 24.5 Å². The zero-order valence-corrected chi connectivity index (χ0v) is 11.4. The van der Waals surface area contributed by atoms with Crippen LogP contribution >= 0.6 is 39.5 Å². The topological polar surface area (TPSA) is 92.4 Å². The number of thiocarbonyl (C=S) groups is 1. The molecule has 0 saturated heterocycles. The van der Waals surface area contributed by atoms with E-state index in [2.05, 4.69) is 49.0 Å². The van der Waals surface area contributed by atoms with E-state index in [0.717, 1.165) is 3.79 Å². The van der Waals surface area contributed by atoms with E-state index in [-0.39, 0.29) is 11.0 Å². The zero-order valence-electron chi connectivity index (χ0n) is 8.15. The lowest BCUT2D eigenvalue weighted by molar-refractivity contribution is -0.114. The predicted molar refractivity (Wildman–Crippen MR) is 71.6 cm³/mol. The first-order chi connectivity index (χ1) is 7.49. The maximum atomic E-state index is 10.8. The maximum Gasteiger partial charge on any atom is 0.223 e. The van der Waals surface area contributed by atoms with Crippen molar-refractivity contribution in [1.29, 1.82) is 0 Å². The summed E-state index contributed by atoms with van der Waals surface area (Å²) in [6.07, 6.45) is 1.45. The van der Waals surface area contributed by atoms with Gasteiger partial charge in [0.25, 0.3) is 0 Å². The van der Waals surface area contributed by atoms with Crippen LogP contribution in [-0.2, 0) is 4.79 Å². The quantitative estimate of drug-likeness (QED) is 0.439. The fraction of sp³-hybridized carbons (Fsp3) is 0.143. The van der Waals surface area contributed by atoms with Crippen LogP contribution in [0.25, 0.3) is 0 Å². The molecule has 0 radical (unpaired) electrons. The second-order valence-electron chi connectivity index (χ2n) is 2.59. The molecule has 0 unspecified atom stereocenters. The Balaban J connectivity index is 2.73. The number of anilines is 1. The summed E-state index contributed by atoms with van der Waals surface area (Å²) >= 11 is 9.16. The molecule has 0 bridgehead atoms. The molecule has 0 saturated carbocycles. The Morgan fingerprint density at radius 3 is 3.00 bits per heavy atom. The second-order valence-corrected chi connectivity index (χ2v) is 5.35. The molecule has 1 aromatic rings. The molecule has 1 aromatic heterocycles. The third-order valence-electron chi connectivity index (χ3n) is 1.25. The van der Waals surface area contributed by atoms with E-state index in [9.17, 15) is 4.79 Å². The maximum absolute atomic E-state index is 10.8. The molecule has 6 nitrogen and oxygen atoms in total. The van der Waals surface area contributed by atoms with Crippen LogP contribution in [0, 0.1) is 0 Å². The Hall–Kier alpha value is -1.06. The number of thiazole rings is 1. The molecule has 1 rings (SSSR count). The molecule has 0 fully saturated rings. The number of carbonyl (C=O) groups is 1. The van der Waals surface area contributed by atoms with Crippen LogP contribution in [0.3, 0.4) is 0 Å². The second kappa shape index (κ2) is 5.87. The van der Waals surface area contributed by atoms with Crippen LogP contribution in [0.4, 0.5) is 5.13 Å².